The zero-order valence-electron chi connectivity index (χ0n) is 11.4. The van der Waals surface area contributed by atoms with E-state index in [0.717, 1.165) is 17.8 Å². The standard InChI is InChI=1S/C15H19N3O/c1-11-16-15(10-19-11)12-3-5-13(6-4-12)17-14-7-8-18(2)9-14/h3-6,10,14,17H,7-9H2,1-2H3. The number of anilines is 1. The van der Waals surface area contributed by atoms with Crippen molar-refractivity contribution in [2.75, 3.05) is 25.5 Å². The average Bonchev–Trinajstić information content (AvgIpc) is 3.00. The molecule has 0 spiro atoms. The Morgan fingerprint density at radius 3 is 2.68 bits per heavy atom. The molecule has 3 rings (SSSR count). The predicted molar refractivity (Wildman–Crippen MR) is 76.2 cm³/mol. The summed E-state index contributed by atoms with van der Waals surface area (Å²) >= 11 is 0. The molecule has 4 heteroatoms. The van der Waals surface area contributed by atoms with Gasteiger partial charge in [-0.05, 0) is 32.1 Å². The van der Waals surface area contributed by atoms with E-state index in [1.54, 1.807) is 6.26 Å². The van der Waals surface area contributed by atoms with Crippen LogP contribution in [-0.4, -0.2) is 36.1 Å². The van der Waals surface area contributed by atoms with E-state index in [1.165, 1.54) is 18.7 Å². The topological polar surface area (TPSA) is 41.3 Å². The van der Waals surface area contributed by atoms with Crippen LogP contribution in [0, 0.1) is 6.92 Å². The molecule has 1 saturated heterocycles. The zero-order chi connectivity index (χ0) is 13.2. The summed E-state index contributed by atoms with van der Waals surface area (Å²) in [6.07, 6.45) is 2.91. The third kappa shape index (κ3) is 2.79. The van der Waals surface area contributed by atoms with E-state index in [4.69, 9.17) is 4.42 Å². The van der Waals surface area contributed by atoms with Gasteiger partial charge in [0.1, 0.15) is 12.0 Å². The molecular formula is C15H19N3O. The molecule has 1 fully saturated rings. The van der Waals surface area contributed by atoms with Crippen molar-refractivity contribution in [2.45, 2.75) is 19.4 Å². The molecule has 2 heterocycles. The van der Waals surface area contributed by atoms with Gasteiger partial charge in [0.2, 0.25) is 0 Å². The molecule has 1 unspecified atom stereocenters. The Morgan fingerprint density at radius 2 is 2.11 bits per heavy atom. The van der Waals surface area contributed by atoms with E-state index in [2.05, 4.69) is 46.5 Å². The lowest BCUT2D eigenvalue weighted by Crippen LogP contribution is -2.23. The summed E-state index contributed by atoms with van der Waals surface area (Å²) in [4.78, 5) is 6.68. The lowest BCUT2D eigenvalue weighted by Gasteiger charge is -2.14. The van der Waals surface area contributed by atoms with Crippen molar-refractivity contribution in [1.29, 1.82) is 0 Å². The fourth-order valence-corrected chi connectivity index (χ4v) is 2.52. The van der Waals surface area contributed by atoms with E-state index in [9.17, 15) is 0 Å². The van der Waals surface area contributed by atoms with Crippen LogP contribution in [0.1, 0.15) is 12.3 Å². The summed E-state index contributed by atoms with van der Waals surface area (Å²) in [5.41, 5.74) is 3.15. The number of aromatic nitrogens is 1. The quantitative estimate of drug-likeness (QED) is 0.918. The zero-order valence-corrected chi connectivity index (χ0v) is 11.4. The van der Waals surface area contributed by atoms with Crippen LogP contribution >= 0.6 is 0 Å². The van der Waals surface area contributed by atoms with Crippen molar-refractivity contribution >= 4 is 5.69 Å². The third-order valence-electron chi connectivity index (χ3n) is 3.56. The summed E-state index contributed by atoms with van der Waals surface area (Å²) in [6, 6.07) is 8.94. The largest absolute Gasteiger partial charge is 0.449 e. The Labute approximate surface area is 113 Å². The molecule has 0 aliphatic carbocycles. The van der Waals surface area contributed by atoms with Gasteiger partial charge in [0.15, 0.2) is 5.89 Å². The normalized spacial score (nSPS) is 19.8. The highest BCUT2D eigenvalue weighted by Crippen LogP contribution is 2.22. The lowest BCUT2D eigenvalue weighted by molar-refractivity contribution is 0.414. The van der Waals surface area contributed by atoms with Crippen LogP contribution in [0.3, 0.4) is 0 Å². The molecule has 1 aromatic carbocycles. The molecule has 0 saturated carbocycles. The van der Waals surface area contributed by atoms with Crippen molar-refractivity contribution in [1.82, 2.24) is 9.88 Å². The molecular weight excluding hydrogens is 238 g/mol. The summed E-state index contributed by atoms with van der Waals surface area (Å²) in [5, 5.41) is 3.57. The number of benzene rings is 1. The number of oxazole rings is 1. The highest BCUT2D eigenvalue weighted by atomic mass is 16.3. The van der Waals surface area contributed by atoms with Crippen molar-refractivity contribution < 1.29 is 4.42 Å². The fraction of sp³-hybridized carbons (Fsp3) is 0.400. The van der Waals surface area contributed by atoms with Gasteiger partial charge in [-0.2, -0.15) is 0 Å². The van der Waals surface area contributed by atoms with Gasteiger partial charge in [-0.25, -0.2) is 4.98 Å². The number of hydrogen-bond acceptors (Lipinski definition) is 4. The van der Waals surface area contributed by atoms with Crippen LogP contribution in [0.5, 0.6) is 0 Å². The maximum absolute atomic E-state index is 5.24. The number of likely N-dealkylation sites (N-methyl/N-ethyl adjacent to an activating group) is 1. The van der Waals surface area contributed by atoms with E-state index >= 15 is 0 Å². The monoisotopic (exact) mass is 257 g/mol. The maximum Gasteiger partial charge on any atom is 0.191 e. The molecule has 1 aliphatic rings. The van der Waals surface area contributed by atoms with Gasteiger partial charge in [-0.15, -0.1) is 0 Å². The van der Waals surface area contributed by atoms with E-state index in [1.807, 2.05) is 6.92 Å². The summed E-state index contributed by atoms with van der Waals surface area (Å²) in [5.74, 6) is 0.700. The second-order valence-corrected chi connectivity index (χ2v) is 5.22. The smallest absolute Gasteiger partial charge is 0.191 e. The Morgan fingerprint density at radius 1 is 1.32 bits per heavy atom. The first kappa shape index (κ1) is 12.2. The number of hydrogen-bond donors (Lipinski definition) is 1. The second-order valence-electron chi connectivity index (χ2n) is 5.22. The number of likely N-dealkylation sites (tertiary alicyclic amines) is 1. The van der Waals surface area contributed by atoms with Crippen LogP contribution in [0.2, 0.25) is 0 Å². The summed E-state index contributed by atoms with van der Waals surface area (Å²) in [6.45, 7) is 4.15. The highest BCUT2D eigenvalue weighted by Gasteiger charge is 2.18. The van der Waals surface area contributed by atoms with Crippen molar-refractivity contribution in [3.63, 3.8) is 0 Å². The SMILES string of the molecule is Cc1nc(-c2ccc(NC3CCN(C)C3)cc2)co1. The number of nitrogens with zero attached hydrogens (tertiary/aromatic N) is 2. The summed E-state index contributed by atoms with van der Waals surface area (Å²) in [7, 11) is 2.16. The van der Waals surface area contributed by atoms with Gasteiger partial charge in [-0.1, -0.05) is 12.1 Å². The van der Waals surface area contributed by atoms with Gasteiger partial charge in [0.25, 0.3) is 0 Å². The first-order chi connectivity index (χ1) is 9.20. The molecule has 4 nitrogen and oxygen atoms in total. The van der Waals surface area contributed by atoms with E-state index in [-0.39, 0.29) is 0 Å². The van der Waals surface area contributed by atoms with Crippen LogP contribution in [0.4, 0.5) is 5.69 Å². The molecule has 0 amide bonds. The highest BCUT2D eigenvalue weighted by molar-refractivity contribution is 5.62. The van der Waals surface area contributed by atoms with Crippen molar-refractivity contribution in [2.24, 2.45) is 0 Å². The first-order valence-electron chi connectivity index (χ1n) is 6.68. The fourth-order valence-electron chi connectivity index (χ4n) is 2.52. The van der Waals surface area contributed by atoms with Crippen molar-refractivity contribution in [3.8, 4) is 11.3 Å². The Kier molecular flexibility index (Phi) is 3.25. The number of rotatable bonds is 3. The molecule has 2 aromatic rings. The molecule has 0 bridgehead atoms. The van der Waals surface area contributed by atoms with Gasteiger partial charge in [0, 0.05) is 30.8 Å². The van der Waals surface area contributed by atoms with Gasteiger partial charge in [0.05, 0.1) is 0 Å². The minimum Gasteiger partial charge on any atom is -0.449 e. The molecule has 100 valence electrons. The van der Waals surface area contributed by atoms with E-state index < -0.39 is 0 Å². The van der Waals surface area contributed by atoms with Crippen LogP contribution in [0.15, 0.2) is 34.9 Å². The predicted octanol–water partition coefficient (Wildman–Crippen LogP) is 2.77. The van der Waals surface area contributed by atoms with Crippen LogP contribution in [-0.2, 0) is 0 Å². The minimum absolute atomic E-state index is 0.560. The van der Waals surface area contributed by atoms with E-state index in [0.29, 0.717) is 11.9 Å². The van der Waals surface area contributed by atoms with Gasteiger partial charge >= 0.3 is 0 Å². The maximum atomic E-state index is 5.24. The average molecular weight is 257 g/mol. The van der Waals surface area contributed by atoms with Crippen molar-refractivity contribution in [3.05, 3.63) is 36.4 Å². The molecule has 0 radical (unpaired) electrons. The minimum atomic E-state index is 0.560. The third-order valence-corrected chi connectivity index (χ3v) is 3.56. The number of nitrogens with one attached hydrogen (secondary N) is 1. The molecule has 1 atom stereocenters. The Balaban J connectivity index is 1.69. The lowest BCUT2D eigenvalue weighted by atomic mass is 10.1. The molecule has 1 N–H and O–H groups in total. The Hall–Kier alpha value is -1.81. The molecule has 1 aromatic heterocycles. The van der Waals surface area contributed by atoms with Gasteiger partial charge in [-0.3, -0.25) is 0 Å². The first-order valence-corrected chi connectivity index (χ1v) is 6.68. The van der Waals surface area contributed by atoms with Crippen LogP contribution < -0.4 is 5.32 Å². The number of aryl methyl sites for hydroxylation is 1. The van der Waals surface area contributed by atoms with Gasteiger partial charge < -0.3 is 14.6 Å². The molecule has 19 heavy (non-hydrogen) atoms. The molecule has 1 aliphatic heterocycles. The van der Waals surface area contributed by atoms with Crippen LogP contribution in [0.25, 0.3) is 11.3 Å². The Bertz CT molecular complexity index is 547. The second kappa shape index (κ2) is 5.05. The summed E-state index contributed by atoms with van der Waals surface area (Å²) < 4.78 is 5.24.